The van der Waals surface area contributed by atoms with Crippen LogP contribution in [-0.2, 0) is 13.1 Å². The summed E-state index contributed by atoms with van der Waals surface area (Å²) < 4.78 is 18.8. The molecule has 0 radical (unpaired) electrons. The normalized spacial score (nSPS) is 16.4. The summed E-state index contributed by atoms with van der Waals surface area (Å²) in [6.07, 6.45) is 5.00. The minimum atomic E-state index is -0.339. The predicted molar refractivity (Wildman–Crippen MR) is 122 cm³/mol. The maximum absolute atomic E-state index is 13.7. The van der Waals surface area contributed by atoms with E-state index in [4.69, 9.17) is 0 Å². The third kappa shape index (κ3) is 3.94. The molecule has 4 heterocycles. The average Bonchev–Trinajstić information content (AvgIpc) is 3.42. The molecule has 0 bridgehead atoms. The van der Waals surface area contributed by atoms with Gasteiger partial charge in [-0.05, 0) is 55.7 Å². The van der Waals surface area contributed by atoms with Crippen LogP contribution in [0.1, 0.15) is 41.9 Å². The zero-order valence-corrected chi connectivity index (χ0v) is 18.4. The third-order valence-corrected chi connectivity index (χ3v) is 6.18. The second-order valence-corrected chi connectivity index (χ2v) is 8.32. The van der Waals surface area contributed by atoms with Crippen LogP contribution < -0.4 is 5.69 Å². The molecule has 0 N–H and O–H groups in total. The van der Waals surface area contributed by atoms with Gasteiger partial charge in [-0.25, -0.2) is 14.2 Å². The molecule has 5 rings (SSSR count). The molecule has 3 aromatic heterocycles. The smallest absolute Gasteiger partial charge is 0.330 e. The largest absolute Gasteiger partial charge is 0.335 e. The van der Waals surface area contributed by atoms with Crippen LogP contribution in [0.3, 0.4) is 0 Å². The number of carbonyl (C=O) groups excluding carboxylic acids is 1. The van der Waals surface area contributed by atoms with E-state index in [9.17, 15) is 14.0 Å². The number of fused-ring (bicyclic) bond motifs is 1. The van der Waals surface area contributed by atoms with E-state index in [1.165, 1.54) is 12.1 Å². The number of amides is 1. The number of piperidine rings is 1. The van der Waals surface area contributed by atoms with Gasteiger partial charge in [0, 0.05) is 32.0 Å². The fourth-order valence-corrected chi connectivity index (χ4v) is 4.57. The van der Waals surface area contributed by atoms with E-state index in [0.29, 0.717) is 42.1 Å². The minimum absolute atomic E-state index is 0.128. The second kappa shape index (κ2) is 8.65. The highest BCUT2D eigenvalue weighted by Gasteiger charge is 2.30. The molecule has 9 heteroatoms. The quantitative estimate of drug-likeness (QED) is 0.470. The number of nitrogens with zero attached hydrogens (tertiary/aromatic N) is 6. The maximum atomic E-state index is 13.7. The topological polar surface area (TPSA) is 78.0 Å². The van der Waals surface area contributed by atoms with E-state index in [1.807, 2.05) is 13.0 Å². The van der Waals surface area contributed by atoms with Gasteiger partial charge in [-0.15, -0.1) is 0 Å². The summed E-state index contributed by atoms with van der Waals surface area (Å²) in [6, 6.07) is 11.4. The molecular formula is C24H25FN6O2. The maximum Gasteiger partial charge on any atom is 0.330 e. The number of imidazole rings is 1. The van der Waals surface area contributed by atoms with Crippen molar-refractivity contribution in [3.05, 3.63) is 82.4 Å². The number of likely N-dealkylation sites (tertiary alicyclic amines) is 1. The summed E-state index contributed by atoms with van der Waals surface area (Å²) in [5.74, 6) is -0.467. The van der Waals surface area contributed by atoms with Crippen LogP contribution in [0.5, 0.6) is 0 Å². The lowest BCUT2D eigenvalue weighted by Crippen LogP contribution is -2.43. The summed E-state index contributed by atoms with van der Waals surface area (Å²) in [7, 11) is 0. The first kappa shape index (κ1) is 21.1. The van der Waals surface area contributed by atoms with E-state index in [1.54, 1.807) is 55.4 Å². The van der Waals surface area contributed by atoms with Crippen molar-refractivity contribution in [1.82, 2.24) is 28.8 Å². The fourth-order valence-electron chi connectivity index (χ4n) is 4.57. The Bertz CT molecular complexity index is 1370. The summed E-state index contributed by atoms with van der Waals surface area (Å²) >= 11 is 0. The van der Waals surface area contributed by atoms with E-state index >= 15 is 0 Å². The summed E-state index contributed by atoms with van der Waals surface area (Å²) in [5, 5.41) is 4.34. The molecule has 0 spiro atoms. The molecule has 0 aliphatic carbocycles. The lowest BCUT2D eigenvalue weighted by molar-refractivity contribution is 0.0672. The Kier molecular flexibility index (Phi) is 5.53. The zero-order valence-electron chi connectivity index (χ0n) is 18.4. The van der Waals surface area contributed by atoms with Crippen LogP contribution in [0, 0.1) is 5.82 Å². The van der Waals surface area contributed by atoms with Gasteiger partial charge in [-0.3, -0.25) is 18.6 Å². The molecule has 1 atom stereocenters. The van der Waals surface area contributed by atoms with Crippen molar-refractivity contribution in [1.29, 1.82) is 0 Å². The van der Waals surface area contributed by atoms with E-state index < -0.39 is 0 Å². The first-order valence-electron chi connectivity index (χ1n) is 11.2. The third-order valence-electron chi connectivity index (χ3n) is 6.18. The monoisotopic (exact) mass is 448 g/mol. The Balaban J connectivity index is 1.48. The molecule has 170 valence electrons. The van der Waals surface area contributed by atoms with Crippen LogP contribution in [0.15, 0.2) is 59.7 Å². The lowest BCUT2D eigenvalue weighted by Gasteiger charge is -2.32. The van der Waals surface area contributed by atoms with Crippen molar-refractivity contribution >= 4 is 17.1 Å². The second-order valence-electron chi connectivity index (χ2n) is 8.32. The molecule has 4 aromatic rings. The number of benzene rings is 1. The summed E-state index contributed by atoms with van der Waals surface area (Å²) in [4.78, 5) is 32.8. The van der Waals surface area contributed by atoms with Gasteiger partial charge in [0.1, 0.15) is 11.5 Å². The van der Waals surface area contributed by atoms with Crippen molar-refractivity contribution in [2.24, 2.45) is 0 Å². The van der Waals surface area contributed by atoms with Crippen LogP contribution >= 0.6 is 0 Å². The van der Waals surface area contributed by atoms with Gasteiger partial charge in [0.25, 0.3) is 5.91 Å². The highest BCUT2D eigenvalue weighted by molar-refractivity contribution is 5.92. The standard InChI is InChI=1S/C24H25FN6O2/c1-2-29-13-10-20(27-29)23(32)28-12-5-8-19(16-28)31-22-21(9-4-11-26-22)30(24(31)33)15-17-6-3-7-18(25)14-17/h3-4,6-7,9-11,13-14,19H,2,5,8,12,15-16H2,1H3/t19-/m0/s1. The van der Waals surface area contributed by atoms with Crippen LogP contribution in [0.2, 0.25) is 0 Å². The molecule has 1 saturated heterocycles. The SMILES string of the molecule is CCn1ccc(C(=O)N2CCC[C@H](n3c(=O)n(Cc4cccc(F)c4)c4cccnc43)C2)n1. The Morgan fingerprint density at radius 3 is 2.88 bits per heavy atom. The molecule has 1 aliphatic heterocycles. The fraction of sp³-hybridized carbons (Fsp3) is 0.333. The van der Waals surface area contributed by atoms with Crippen molar-refractivity contribution < 1.29 is 9.18 Å². The Hall–Kier alpha value is -3.75. The van der Waals surface area contributed by atoms with Crippen molar-refractivity contribution in [3.63, 3.8) is 0 Å². The van der Waals surface area contributed by atoms with Crippen molar-refractivity contribution in [2.75, 3.05) is 13.1 Å². The van der Waals surface area contributed by atoms with Gasteiger partial charge < -0.3 is 4.90 Å². The van der Waals surface area contributed by atoms with Gasteiger partial charge in [0.15, 0.2) is 5.65 Å². The number of hydrogen-bond donors (Lipinski definition) is 0. The van der Waals surface area contributed by atoms with E-state index in [-0.39, 0.29) is 30.0 Å². The predicted octanol–water partition coefficient (Wildman–Crippen LogP) is 3.08. The average molecular weight is 449 g/mol. The number of halogens is 1. The Morgan fingerprint density at radius 1 is 1.21 bits per heavy atom. The first-order valence-corrected chi connectivity index (χ1v) is 11.2. The molecule has 1 amide bonds. The number of hydrogen-bond acceptors (Lipinski definition) is 4. The highest BCUT2D eigenvalue weighted by Crippen LogP contribution is 2.25. The Labute approximate surface area is 189 Å². The molecule has 0 saturated carbocycles. The molecule has 0 unspecified atom stereocenters. The number of aromatic nitrogens is 5. The van der Waals surface area contributed by atoms with Crippen LogP contribution in [-0.4, -0.2) is 47.8 Å². The molecule has 8 nitrogen and oxygen atoms in total. The zero-order chi connectivity index (χ0) is 22.9. The summed E-state index contributed by atoms with van der Waals surface area (Å²) in [5.41, 5.74) is 2.18. The Morgan fingerprint density at radius 2 is 2.09 bits per heavy atom. The summed E-state index contributed by atoms with van der Waals surface area (Å²) in [6.45, 7) is 3.94. The first-order chi connectivity index (χ1) is 16.0. The van der Waals surface area contributed by atoms with Gasteiger partial charge in [0.05, 0.1) is 18.1 Å². The minimum Gasteiger partial charge on any atom is -0.335 e. The highest BCUT2D eigenvalue weighted by atomic mass is 19.1. The number of carbonyl (C=O) groups is 1. The van der Waals surface area contributed by atoms with Gasteiger partial charge >= 0.3 is 5.69 Å². The molecule has 33 heavy (non-hydrogen) atoms. The lowest BCUT2D eigenvalue weighted by atomic mass is 10.1. The van der Waals surface area contributed by atoms with E-state index in [0.717, 1.165) is 12.8 Å². The van der Waals surface area contributed by atoms with Crippen LogP contribution in [0.25, 0.3) is 11.2 Å². The van der Waals surface area contributed by atoms with E-state index in [2.05, 4.69) is 10.1 Å². The van der Waals surface area contributed by atoms with Crippen molar-refractivity contribution in [3.8, 4) is 0 Å². The van der Waals surface area contributed by atoms with Crippen molar-refractivity contribution in [2.45, 2.75) is 38.9 Å². The number of aryl methyl sites for hydroxylation is 1. The molecule has 1 aliphatic rings. The van der Waals surface area contributed by atoms with Gasteiger partial charge in [-0.2, -0.15) is 5.10 Å². The van der Waals surface area contributed by atoms with Gasteiger partial charge in [-0.1, -0.05) is 12.1 Å². The number of rotatable bonds is 5. The molecular weight excluding hydrogens is 423 g/mol. The molecule has 1 fully saturated rings. The van der Waals surface area contributed by atoms with Gasteiger partial charge in [0.2, 0.25) is 0 Å². The number of pyridine rings is 1. The molecule has 1 aromatic carbocycles. The van der Waals surface area contributed by atoms with Crippen LogP contribution in [0.4, 0.5) is 4.39 Å².